The minimum atomic E-state index is -0.745. The Morgan fingerprint density at radius 3 is 2.84 bits per heavy atom. The monoisotopic (exact) mass is 425 g/mol. The number of benzene rings is 2. The van der Waals surface area contributed by atoms with Crippen molar-refractivity contribution < 1.29 is 23.8 Å². The Morgan fingerprint density at radius 1 is 1.19 bits per heavy atom. The van der Waals surface area contributed by atoms with Gasteiger partial charge in [0.1, 0.15) is 30.0 Å². The number of amides is 1. The summed E-state index contributed by atoms with van der Waals surface area (Å²) in [6.45, 7) is 1.98. The molecule has 1 aliphatic rings. The molecule has 31 heavy (non-hydrogen) atoms. The van der Waals surface area contributed by atoms with Gasteiger partial charge in [-0.05, 0) is 42.0 Å². The van der Waals surface area contributed by atoms with Crippen molar-refractivity contribution in [1.82, 2.24) is 15.2 Å². The number of methoxy groups -OCH3 is 1. The SMILES string of the molecule is COc1cc(OCC(O)CN2CCNC(=O)C2)cc(-c2cnc3ccc(F)cc3c2)c1. The number of hydrogen-bond donors (Lipinski definition) is 2. The smallest absolute Gasteiger partial charge is 0.234 e. The first-order valence-corrected chi connectivity index (χ1v) is 10.0. The number of nitrogens with zero attached hydrogens (tertiary/aromatic N) is 2. The number of pyridine rings is 1. The third-order valence-corrected chi connectivity index (χ3v) is 5.12. The second-order valence-corrected chi connectivity index (χ2v) is 7.51. The second kappa shape index (κ2) is 9.28. The highest BCUT2D eigenvalue weighted by Gasteiger charge is 2.19. The fourth-order valence-electron chi connectivity index (χ4n) is 3.59. The van der Waals surface area contributed by atoms with Crippen molar-refractivity contribution in [2.75, 3.05) is 39.9 Å². The summed E-state index contributed by atoms with van der Waals surface area (Å²) in [4.78, 5) is 17.8. The predicted molar refractivity (Wildman–Crippen MR) is 115 cm³/mol. The van der Waals surface area contributed by atoms with Gasteiger partial charge in [0.15, 0.2) is 0 Å². The van der Waals surface area contributed by atoms with Crippen molar-refractivity contribution in [3.05, 3.63) is 54.5 Å². The van der Waals surface area contributed by atoms with Crippen LogP contribution >= 0.6 is 0 Å². The lowest BCUT2D eigenvalue weighted by atomic mass is 10.0. The van der Waals surface area contributed by atoms with Crippen molar-refractivity contribution in [2.24, 2.45) is 0 Å². The Balaban J connectivity index is 1.49. The summed E-state index contributed by atoms with van der Waals surface area (Å²) in [5.41, 5.74) is 2.30. The van der Waals surface area contributed by atoms with Gasteiger partial charge in [-0.25, -0.2) is 4.39 Å². The number of carbonyl (C=O) groups excluding carboxylic acids is 1. The number of carbonyl (C=O) groups is 1. The Morgan fingerprint density at radius 2 is 2.03 bits per heavy atom. The van der Waals surface area contributed by atoms with Gasteiger partial charge in [-0.3, -0.25) is 14.7 Å². The maximum atomic E-state index is 13.6. The van der Waals surface area contributed by atoms with Crippen LogP contribution in [0.5, 0.6) is 11.5 Å². The van der Waals surface area contributed by atoms with Crippen LogP contribution in [0, 0.1) is 5.82 Å². The molecule has 0 saturated carbocycles. The third kappa shape index (κ3) is 5.28. The lowest BCUT2D eigenvalue weighted by Gasteiger charge is -2.28. The number of aliphatic hydroxyl groups excluding tert-OH is 1. The molecular formula is C23H24FN3O4. The molecule has 162 valence electrons. The van der Waals surface area contributed by atoms with Gasteiger partial charge in [-0.15, -0.1) is 0 Å². The van der Waals surface area contributed by atoms with Gasteiger partial charge >= 0.3 is 0 Å². The number of rotatable bonds is 7. The zero-order valence-corrected chi connectivity index (χ0v) is 17.2. The Labute approximate surface area is 179 Å². The summed E-state index contributed by atoms with van der Waals surface area (Å²) in [5, 5.41) is 13.8. The predicted octanol–water partition coefficient (Wildman–Crippen LogP) is 2.22. The minimum Gasteiger partial charge on any atom is -0.497 e. The van der Waals surface area contributed by atoms with E-state index in [1.807, 2.05) is 23.1 Å². The number of aromatic nitrogens is 1. The molecule has 2 aromatic carbocycles. The van der Waals surface area contributed by atoms with E-state index in [-0.39, 0.29) is 24.9 Å². The summed E-state index contributed by atoms with van der Waals surface area (Å²) >= 11 is 0. The molecule has 8 heteroatoms. The van der Waals surface area contributed by atoms with Crippen LogP contribution in [0.1, 0.15) is 0 Å². The number of piperazine rings is 1. The van der Waals surface area contributed by atoms with Gasteiger partial charge < -0.3 is 19.9 Å². The van der Waals surface area contributed by atoms with Crippen LogP contribution in [0.25, 0.3) is 22.0 Å². The van der Waals surface area contributed by atoms with E-state index in [4.69, 9.17) is 9.47 Å². The zero-order chi connectivity index (χ0) is 21.8. The first-order valence-electron chi connectivity index (χ1n) is 10.0. The minimum absolute atomic E-state index is 0.0410. The summed E-state index contributed by atoms with van der Waals surface area (Å²) in [6.07, 6.45) is 0.973. The van der Waals surface area contributed by atoms with Gasteiger partial charge in [0, 0.05) is 42.8 Å². The highest BCUT2D eigenvalue weighted by molar-refractivity contribution is 5.84. The highest BCUT2D eigenvalue weighted by Crippen LogP contribution is 2.31. The van der Waals surface area contributed by atoms with E-state index in [9.17, 15) is 14.3 Å². The summed E-state index contributed by atoms with van der Waals surface area (Å²) in [7, 11) is 1.56. The molecule has 2 heterocycles. The normalized spacial score (nSPS) is 15.5. The zero-order valence-electron chi connectivity index (χ0n) is 17.2. The number of ether oxygens (including phenoxy) is 2. The van der Waals surface area contributed by atoms with Gasteiger partial charge in [-0.1, -0.05) is 0 Å². The summed E-state index contributed by atoms with van der Waals surface area (Å²) in [6, 6.07) is 11.7. The van der Waals surface area contributed by atoms with Crippen LogP contribution in [0.15, 0.2) is 48.7 Å². The molecule has 1 saturated heterocycles. The largest absolute Gasteiger partial charge is 0.497 e. The Kier molecular flexibility index (Phi) is 6.29. The maximum absolute atomic E-state index is 13.6. The first kappa shape index (κ1) is 21.0. The third-order valence-electron chi connectivity index (χ3n) is 5.12. The lowest BCUT2D eigenvalue weighted by Crippen LogP contribution is -2.50. The van der Waals surface area contributed by atoms with Gasteiger partial charge in [-0.2, -0.15) is 0 Å². The van der Waals surface area contributed by atoms with Crippen molar-refractivity contribution in [1.29, 1.82) is 0 Å². The van der Waals surface area contributed by atoms with Crippen molar-refractivity contribution in [2.45, 2.75) is 6.10 Å². The molecule has 1 fully saturated rings. The van der Waals surface area contributed by atoms with Crippen molar-refractivity contribution in [3.63, 3.8) is 0 Å². The molecule has 1 atom stereocenters. The van der Waals surface area contributed by atoms with Crippen LogP contribution in [0.2, 0.25) is 0 Å². The molecule has 1 aliphatic heterocycles. The van der Waals surface area contributed by atoms with E-state index < -0.39 is 6.10 Å². The van der Waals surface area contributed by atoms with Gasteiger partial charge in [0.2, 0.25) is 5.91 Å². The molecule has 7 nitrogen and oxygen atoms in total. The quantitative estimate of drug-likeness (QED) is 0.604. The molecular weight excluding hydrogens is 401 g/mol. The number of fused-ring (bicyclic) bond motifs is 1. The maximum Gasteiger partial charge on any atom is 0.234 e. The molecule has 3 aromatic rings. The summed E-state index contributed by atoms with van der Waals surface area (Å²) in [5.74, 6) is 0.764. The van der Waals surface area contributed by atoms with Crippen LogP contribution in [0.3, 0.4) is 0 Å². The van der Waals surface area contributed by atoms with Gasteiger partial charge in [0.25, 0.3) is 0 Å². The van der Waals surface area contributed by atoms with Crippen LogP contribution in [0.4, 0.5) is 4.39 Å². The van der Waals surface area contributed by atoms with E-state index in [1.165, 1.54) is 12.1 Å². The topological polar surface area (TPSA) is 83.9 Å². The fourth-order valence-corrected chi connectivity index (χ4v) is 3.59. The number of β-amino-alcohol motifs (C(OH)–C–C–N with tert-alkyl or cyclic N) is 1. The molecule has 1 amide bonds. The molecule has 0 aliphatic carbocycles. The van der Waals surface area contributed by atoms with E-state index >= 15 is 0 Å². The van der Waals surface area contributed by atoms with E-state index in [1.54, 1.807) is 25.4 Å². The number of aliphatic hydroxyl groups is 1. The highest BCUT2D eigenvalue weighted by atomic mass is 19.1. The Hall–Kier alpha value is -3.23. The average molecular weight is 425 g/mol. The van der Waals surface area contributed by atoms with E-state index in [0.29, 0.717) is 42.0 Å². The lowest BCUT2D eigenvalue weighted by molar-refractivity contribution is -0.124. The summed E-state index contributed by atoms with van der Waals surface area (Å²) < 4.78 is 24.8. The molecule has 1 unspecified atom stereocenters. The molecule has 0 bridgehead atoms. The second-order valence-electron chi connectivity index (χ2n) is 7.51. The molecule has 4 rings (SSSR count). The van der Waals surface area contributed by atoms with Crippen molar-refractivity contribution in [3.8, 4) is 22.6 Å². The number of halogens is 1. The molecule has 0 spiro atoms. The molecule has 0 radical (unpaired) electrons. The van der Waals surface area contributed by atoms with Gasteiger partial charge in [0.05, 0.1) is 19.2 Å². The standard InChI is InChI=1S/C23H24FN3O4/c1-30-20-8-15(17-6-16-7-18(24)2-3-22(16)26-11-17)9-21(10-20)31-14-19(28)12-27-5-4-25-23(29)13-27/h2-3,6-11,19,28H,4-5,12-14H2,1H3,(H,25,29). The van der Waals surface area contributed by atoms with Crippen LogP contribution in [-0.2, 0) is 4.79 Å². The average Bonchev–Trinajstić information content (AvgIpc) is 2.77. The fraction of sp³-hybridized carbons (Fsp3) is 0.304. The van der Waals surface area contributed by atoms with Crippen LogP contribution in [-0.4, -0.2) is 66.9 Å². The number of hydrogen-bond acceptors (Lipinski definition) is 6. The number of nitrogens with one attached hydrogen (secondary N) is 1. The Bertz CT molecular complexity index is 1090. The first-order chi connectivity index (χ1) is 15.0. The van der Waals surface area contributed by atoms with E-state index in [0.717, 1.165) is 11.1 Å². The van der Waals surface area contributed by atoms with Crippen LogP contribution < -0.4 is 14.8 Å². The molecule has 1 aromatic heterocycles. The van der Waals surface area contributed by atoms with E-state index in [2.05, 4.69) is 10.3 Å². The van der Waals surface area contributed by atoms with Crippen molar-refractivity contribution >= 4 is 16.8 Å². The molecule has 2 N–H and O–H groups in total.